The summed E-state index contributed by atoms with van der Waals surface area (Å²) in [6, 6.07) is 15.1. The average molecular weight is 337 g/mol. The molecule has 1 heterocycles. The van der Waals surface area contributed by atoms with Crippen LogP contribution in [0.4, 0.5) is 5.69 Å². The maximum absolute atomic E-state index is 12.4. The number of hydrogen-bond acceptors (Lipinski definition) is 3. The lowest BCUT2D eigenvalue weighted by Crippen LogP contribution is -2.41. The first-order chi connectivity index (χ1) is 11.7. The highest BCUT2D eigenvalue weighted by molar-refractivity contribution is 6.62. The van der Waals surface area contributed by atoms with Gasteiger partial charge >= 0.3 is 7.12 Å². The van der Waals surface area contributed by atoms with E-state index in [9.17, 15) is 4.79 Å². The second-order valence-corrected chi connectivity index (χ2v) is 7.54. The SMILES string of the molecule is Cc1cccc(C(=O)Nc2cccc(B3OC(C)(C)C(C)(C)O3)c2)c1. The van der Waals surface area contributed by atoms with Gasteiger partial charge in [-0.25, -0.2) is 0 Å². The van der Waals surface area contributed by atoms with Gasteiger partial charge in [-0.2, -0.15) is 0 Å². The van der Waals surface area contributed by atoms with E-state index in [0.29, 0.717) is 5.56 Å². The predicted molar refractivity (Wildman–Crippen MR) is 101 cm³/mol. The van der Waals surface area contributed by atoms with Crippen molar-refractivity contribution >= 4 is 24.2 Å². The molecule has 4 nitrogen and oxygen atoms in total. The van der Waals surface area contributed by atoms with Crippen molar-refractivity contribution in [3.8, 4) is 0 Å². The van der Waals surface area contributed by atoms with Crippen molar-refractivity contribution in [3.05, 3.63) is 59.7 Å². The van der Waals surface area contributed by atoms with Crippen LogP contribution in [0.3, 0.4) is 0 Å². The normalized spacial score (nSPS) is 18.2. The quantitative estimate of drug-likeness (QED) is 0.872. The maximum atomic E-state index is 12.4. The maximum Gasteiger partial charge on any atom is 0.494 e. The van der Waals surface area contributed by atoms with E-state index < -0.39 is 18.3 Å². The molecule has 2 aromatic carbocycles. The molecule has 0 aliphatic carbocycles. The lowest BCUT2D eigenvalue weighted by Gasteiger charge is -2.32. The Morgan fingerprint density at radius 1 is 0.960 bits per heavy atom. The molecule has 130 valence electrons. The largest absolute Gasteiger partial charge is 0.494 e. The molecule has 2 aromatic rings. The zero-order valence-electron chi connectivity index (χ0n) is 15.4. The average Bonchev–Trinajstić information content (AvgIpc) is 2.76. The Hall–Kier alpha value is -2.11. The summed E-state index contributed by atoms with van der Waals surface area (Å²) in [4.78, 5) is 12.4. The monoisotopic (exact) mass is 337 g/mol. The zero-order valence-corrected chi connectivity index (χ0v) is 15.4. The number of nitrogens with one attached hydrogen (secondary N) is 1. The minimum Gasteiger partial charge on any atom is -0.399 e. The molecule has 1 aliphatic rings. The minimum absolute atomic E-state index is 0.130. The van der Waals surface area contributed by atoms with Crippen molar-refractivity contribution in [2.45, 2.75) is 45.8 Å². The standard InChI is InChI=1S/C20H24BNO3/c1-14-8-6-9-15(12-14)18(23)22-17-11-7-10-16(13-17)21-24-19(2,3)20(4,5)25-21/h6-13H,1-5H3,(H,22,23). The van der Waals surface area contributed by atoms with E-state index in [0.717, 1.165) is 16.7 Å². The number of benzene rings is 2. The molecule has 0 saturated carbocycles. The summed E-state index contributed by atoms with van der Waals surface area (Å²) in [7, 11) is -0.444. The number of carbonyl (C=O) groups excluding carboxylic acids is 1. The van der Waals surface area contributed by atoms with Gasteiger partial charge in [0.15, 0.2) is 0 Å². The summed E-state index contributed by atoms with van der Waals surface area (Å²) in [5.74, 6) is -0.130. The molecule has 5 heteroatoms. The molecule has 3 rings (SSSR count). The number of amides is 1. The summed E-state index contributed by atoms with van der Waals surface area (Å²) in [5, 5.41) is 2.94. The molecule has 0 radical (unpaired) electrons. The molecule has 0 atom stereocenters. The van der Waals surface area contributed by atoms with E-state index in [1.807, 2.05) is 77.1 Å². The molecule has 25 heavy (non-hydrogen) atoms. The first-order valence-electron chi connectivity index (χ1n) is 8.52. The Labute approximate surface area is 149 Å². The third-order valence-corrected chi connectivity index (χ3v) is 4.95. The highest BCUT2D eigenvalue weighted by Crippen LogP contribution is 2.36. The fourth-order valence-electron chi connectivity index (χ4n) is 2.73. The minimum atomic E-state index is -0.444. The number of aryl methyl sites for hydroxylation is 1. The van der Waals surface area contributed by atoms with Crippen LogP contribution in [0.1, 0.15) is 43.6 Å². The van der Waals surface area contributed by atoms with Gasteiger partial charge in [0.2, 0.25) is 0 Å². The Kier molecular flexibility index (Phi) is 4.48. The van der Waals surface area contributed by atoms with Crippen molar-refractivity contribution < 1.29 is 14.1 Å². The van der Waals surface area contributed by atoms with Gasteiger partial charge in [0.05, 0.1) is 11.2 Å². The Morgan fingerprint density at radius 2 is 1.60 bits per heavy atom. The molecular formula is C20H24BNO3. The van der Waals surface area contributed by atoms with Crippen LogP contribution in [-0.2, 0) is 9.31 Å². The van der Waals surface area contributed by atoms with E-state index in [2.05, 4.69) is 5.32 Å². The van der Waals surface area contributed by atoms with Crippen LogP contribution in [-0.4, -0.2) is 24.2 Å². The van der Waals surface area contributed by atoms with E-state index >= 15 is 0 Å². The number of hydrogen-bond donors (Lipinski definition) is 1. The summed E-state index contributed by atoms with van der Waals surface area (Å²) in [6.07, 6.45) is 0. The number of rotatable bonds is 3. The van der Waals surface area contributed by atoms with Crippen molar-refractivity contribution in [3.63, 3.8) is 0 Å². The van der Waals surface area contributed by atoms with Gasteiger partial charge in [-0.05, 0) is 64.3 Å². The molecule has 1 saturated heterocycles. The molecule has 0 bridgehead atoms. The van der Waals surface area contributed by atoms with Gasteiger partial charge in [-0.3, -0.25) is 4.79 Å². The van der Waals surface area contributed by atoms with Crippen LogP contribution in [0.5, 0.6) is 0 Å². The first-order valence-corrected chi connectivity index (χ1v) is 8.52. The molecule has 0 unspecified atom stereocenters. The second kappa shape index (κ2) is 6.32. The molecule has 1 aliphatic heterocycles. The molecular weight excluding hydrogens is 313 g/mol. The third-order valence-electron chi connectivity index (χ3n) is 4.95. The van der Waals surface area contributed by atoms with Gasteiger partial charge < -0.3 is 14.6 Å². The first kappa shape index (κ1) is 17.7. The van der Waals surface area contributed by atoms with Crippen LogP contribution in [0.15, 0.2) is 48.5 Å². The lowest BCUT2D eigenvalue weighted by atomic mass is 9.79. The fraction of sp³-hybridized carbons (Fsp3) is 0.350. The summed E-state index contributed by atoms with van der Waals surface area (Å²) in [5.41, 5.74) is 2.52. The zero-order chi connectivity index (χ0) is 18.2. The Balaban J connectivity index is 1.78. The summed E-state index contributed by atoms with van der Waals surface area (Å²) < 4.78 is 12.2. The van der Waals surface area contributed by atoms with Gasteiger partial charge in [0.1, 0.15) is 0 Å². The van der Waals surface area contributed by atoms with Crippen LogP contribution >= 0.6 is 0 Å². The van der Waals surface area contributed by atoms with Gasteiger partial charge in [0, 0.05) is 11.3 Å². The summed E-state index contributed by atoms with van der Waals surface area (Å²) in [6.45, 7) is 10.1. The second-order valence-electron chi connectivity index (χ2n) is 7.54. The van der Waals surface area contributed by atoms with Gasteiger partial charge in [-0.15, -0.1) is 0 Å². The van der Waals surface area contributed by atoms with Crippen LogP contribution in [0.2, 0.25) is 0 Å². The third kappa shape index (κ3) is 3.62. The van der Waals surface area contributed by atoms with Gasteiger partial charge in [-0.1, -0.05) is 29.8 Å². The predicted octanol–water partition coefficient (Wildman–Crippen LogP) is 3.55. The molecule has 1 amide bonds. The molecule has 0 spiro atoms. The van der Waals surface area contributed by atoms with Crippen LogP contribution < -0.4 is 10.8 Å². The Bertz CT molecular complexity index is 785. The molecule has 1 fully saturated rings. The molecule has 0 aromatic heterocycles. The van der Waals surface area contributed by atoms with Crippen LogP contribution in [0.25, 0.3) is 0 Å². The topological polar surface area (TPSA) is 47.6 Å². The van der Waals surface area contributed by atoms with E-state index in [-0.39, 0.29) is 5.91 Å². The van der Waals surface area contributed by atoms with Crippen molar-refractivity contribution in [1.29, 1.82) is 0 Å². The number of carbonyl (C=O) groups is 1. The smallest absolute Gasteiger partial charge is 0.399 e. The highest BCUT2D eigenvalue weighted by Gasteiger charge is 2.51. The van der Waals surface area contributed by atoms with Gasteiger partial charge in [0.25, 0.3) is 5.91 Å². The van der Waals surface area contributed by atoms with Crippen molar-refractivity contribution in [2.75, 3.05) is 5.32 Å². The van der Waals surface area contributed by atoms with E-state index in [1.165, 1.54) is 0 Å². The Morgan fingerprint density at radius 3 is 2.24 bits per heavy atom. The highest BCUT2D eigenvalue weighted by atomic mass is 16.7. The van der Waals surface area contributed by atoms with Crippen LogP contribution in [0, 0.1) is 6.92 Å². The summed E-state index contributed by atoms with van der Waals surface area (Å²) >= 11 is 0. The van der Waals surface area contributed by atoms with E-state index in [1.54, 1.807) is 6.07 Å². The van der Waals surface area contributed by atoms with E-state index in [4.69, 9.17) is 9.31 Å². The van der Waals surface area contributed by atoms with Crippen molar-refractivity contribution in [2.24, 2.45) is 0 Å². The fourth-order valence-corrected chi connectivity index (χ4v) is 2.73. The molecule has 1 N–H and O–H groups in total. The lowest BCUT2D eigenvalue weighted by molar-refractivity contribution is 0.00578. The van der Waals surface area contributed by atoms with Crippen molar-refractivity contribution in [1.82, 2.24) is 0 Å². The number of anilines is 1.